The zero-order chi connectivity index (χ0) is 23.0. The summed E-state index contributed by atoms with van der Waals surface area (Å²) in [5.41, 5.74) is 4.82. The van der Waals surface area contributed by atoms with E-state index in [-0.39, 0.29) is 11.5 Å². The minimum atomic E-state index is -4.79. The van der Waals surface area contributed by atoms with E-state index in [0.29, 0.717) is 5.52 Å². The number of rotatable bonds is 8. The van der Waals surface area contributed by atoms with Gasteiger partial charge in [-0.15, -0.1) is 0 Å². The molecule has 0 spiro atoms. The number of fused-ring (bicyclic) bond motifs is 1. The van der Waals surface area contributed by atoms with Gasteiger partial charge in [0, 0.05) is 13.3 Å². The second kappa shape index (κ2) is 8.59. The molecule has 1 fully saturated rings. The molecular formula is C16H22N6O8P-. The molecule has 2 unspecified atom stereocenters. The van der Waals surface area contributed by atoms with Crippen LogP contribution in [-0.2, 0) is 24.2 Å². The van der Waals surface area contributed by atoms with Crippen LogP contribution < -0.4 is 15.7 Å². The highest BCUT2D eigenvalue weighted by Crippen LogP contribution is 2.41. The highest BCUT2D eigenvalue weighted by molar-refractivity contribution is 7.49. The van der Waals surface area contributed by atoms with Gasteiger partial charge in [0.1, 0.15) is 36.2 Å². The number of aliphatic hydroxyl groups excluding tert-OH is 2. The number of nitrogens with one attached hydrogen (secondary N) is 1. The molecule has 2 aromatic heterocycles. The molecular weight excluding hydrogens is 435 g/mol. The van der Waals surface area contributed by atoms with Crippen molar-refractivity contribution in [2.24, 2.45) is 4.99 Å². The number of aliphatic hydroxyl groups is 2. The first-order valence-corrected chi connectivity index (χ1v) is 10.6. The zero-order valence-corrected chi connectivity index (χ0v) is 17.4. The number of carbonyl (C=O) groups is 1. The summed E-state index contributed by atoms with van der Waals surface area (Å²) in [7, 11) is -3.37. The second-order valence-corrected chi connectivity index (χ2v) is 8.43. The van der Waals surface area contributed by atoms with E-state index in [1.165, 1.54) is 24.1 Å². The molecule has 1 aliphatic rings. The number of aromatic nitrogens is 3. The summed E-state index contributed by atoms with van der Waals surface area (Å²) >= 11 is 0. The molecule has 31 heavy (non-hydrogen) atoms. The average molecular weight is 457 g/mol. The van der Waals surface area contributed by atoms with Crippen molar-refractivity contribution in [3.63, 3.8) is 0 Å². The number of carboxylic acids is 1. The Morgan fingerprint density at radius 1 is 1.58 bits per heavy atom. The molecule has 170 valence electrons. The molecule has 2 aromatic rings. The van der Waals surface area contributed by atoms with E-state index in [1.807, 2.05) is 5.09 Å². The van der Waals surface area contributed by atoms with Crippen LogP contribution in [0.3, 0.4) is 0 Å². The number of nitrogens with two attached hydrogens (primary N) is 1. The predicted molar refractivity (Wildman–Crippen MR) is 104 cm³/mol. The first-order chi connectivity index (χ1) is 14.5. The Morgan fingerprint density at radius 2 is 2.29 bits per heavy atom. The van der Waals surface area contributed by atoms with E-state index >= 15 is 0 Å². The van der Waals surface area contributed by atoms with E-state index in [9.17, 15) is 24.5 Å². The van der Waals surface area contributed by atoms with Gasteiger partial charge in [0.15, 0.2) is 11.4 Å². The first-order valence-electron chi connectivity index (χ1n) is 9.04. The van der Waals surface area contributed by atoms with Crippen LogP contribution in [0, 0.1) is 0 Å². The molecule has 3 heterocycles. The highest BCUT2D eigenvalue weighted by Gasteiger charge is 2.56. The van der Waals surface area contributed by atoms with Crippen LogP contribution in [0.1, 0.15) is 12.6 Å². The van der Waals surface area contributed by atoms with Crippen molar-refractivity contribution in [3.8, 4) is 0 Å². The zero-order valence-electron chi connectivity index (χ0n) is 16.5. The summed E-state index contributed by atoms with van der Waals surface area (Å²) in [4.78, 5) is 30.6. The van der Waals surface area contributed by atoms with Crippen molar-refractivity contribution < 1.29 is 38.8 Å². The predicted octanol–water partition coefficient (Wildman–Crippen LogP) is -2.12. The van der Waals surface area contributed by atoms with Gasteiger partial charge in [0.05, 0.1) is 12.3 Å². The molecule has 3 rings (SSSR count). The molecule has 0 radical (unpaired) electrons. The fraction of sp³-hybridized carbons (Fsp3) is 0.500. The maximum absolute atomic E-state index is 12.0. The summed E-state index contributed by atoms with van der Waals surface area (Å²) in [5, 5.41) is 36.1. The van der Waals surface area contributed by atoms with Crippen molar-refractivity contribution in [2.45, 2.75) is 36.9 Å². The van der Waals surface area contributed by atoms with Crippen LogP contribution in [0.4, 0.5) is 5.82 Å². The van der Waals surface area contributed by atoms with E-state index in [1.54, 1.807) is 12.1 Å². The number of ether oxygens (including phenoxy) is 1. The molecule has 1 aliphatic heterocycles. The van der Waals surface area contributed by atoms with E-state index < -0.39 is 50.3 Å². The lowest BCUT2D eigenvalue weighted by Gasteiger charge is -2.29. The number of hydrogen-bond donors (Lipinski definition) is 5. The lowest BCUT2D eigenvalue weighted by molar-refractivity contribution is -0.206. The molecule has 0 amide bonds. The molecule has 6 atom stereocenters. The van der Waals surface area contributed by atoms with Crippen molar-refractivity contribution in [1.29, 1.82) is 0 Å². The minimum Gasteiger partial charge on any atom is -0.766 e. The van der Waals surface area contributed by atoms with Gasteiger partial charge in [0.2, 0.25) is 7.75 Å². The quantitative estimate of drug-likeness (QED) is 0.212. The van der Waals surface area contributed by atoms with Gasteiger partial charge in [-0.3, -0.25) is 14.4 Å². The molecule has 0 saturated carbocycles. The second-order valence-electron chi connectivity index (χ2n) is 6.92. The standard InChI is InChI=1S/C16H23N6O8P/c1-8(15(25)26)21-31(27,28)29-5-10-12(23)13(24)16(30-10,6-18-2)11-4-3-9-14(17)19-7-20-22(9)11/h3-4,6-8,10,12-13,23-24H,5H2,1-2H3,(H,25,26)(H2,17,19,20)(H2,21,27,28)/p-1/t8?,10-,12-,13-,16+/m1/s1. The smallest absolute Gasteiger partial charge is 0.320 e. The van der Waals surface area contributed by atoms with Crippen LogP contribution in [0.15, 0.2) is 23.5 Å². The van der Waals surface area contributed by atoms with E-state index in [0.717, 1.165) is 6.92 Å². The Hall–Kier alpha value is -2.45. The summed E-state index contributed by atoms with van der Waals surface area (Å²) in [6.07, 6.45) is -2.00. The number of hydrogen-bond acceptors (Lipinski definition) is 11. The SMILES string of the molecule is CN=C[C@@]1(c2ccc3c(N)ncnn23)O[C@H](COP(=O)([O-])NC(C)C(=O)O)[C@@H](O)[C@H]1O. The van der Waals surface area contributed by atoms with Crippen LogP contribution in [0.5, 0.6) is 0 Å². The van der Waals surface area contributed by atoms with Crippen LogP contribution in [-0.4, -0.2) is 80.1 Å². The van der Waals surface area contributed by atoms with Gasteiger partial charge in [-0.25, -0.2) is 14.6 Å². The topological polar surface area (TPSA) is 217 Å². The van der Waals surface area contributed by atoms with Crippen molar-refractivity contribution in [3.05, 3.63) is 24.2 Å². The number of aliphatic carboxylic acids is 1. The van der Waals surface area contributed by atoms with Crippen LogP contribution >= 0.6 is 7.75 Å². The Balaban J connectivity index is 1.88. The Bertz CT molecular complexity index is 1050. The summed E-state index contributed by atoms with van der Waals surface area (Å²) in [5.74, 6) is -1.23. The Morgan fingerprint density at radius 3 is 2.94 bits per heavy atom. The molecule has 6 N–H and O–H groups in total. The fourth-order valence-electron chi connectivity index (χ4n) is 3.31. The summed E-state index contributed by atoms with van der Waals surface area (Å²) < 4.78 is 24.0. The Labute approximate surface area is 175 Å². The fourth-order valence-corrected chi connectivity index (χ4v) is 4.31. The van der Waals surface area contributed by atoms with Crippen molar-refractivity contribution in [1.82, 2.24) is 19.7 Å². The largest absolute Gasteiger partial charge is 0.766 e. The molecule has 0 aromatic carbocycles. The maximum Gasteiger partial charge on any atom is 0.320 e. The van der Waals surface area contributed by atoms with Gasteiger partial charge in [-0.05, 0) is 19.1 Å². The number of aliphatic imine (C=N–C) groups is 1. The Kier molecular flexibility index (Phi) is 6.43. The number of nitrogen functional groups attached to an aromatic ring is 1. The van der Waals surface area contributed by atoms with E-state index in [4.69, 9.17) is 20.1 Å². The van der Waals surface area contributed by atoms with Crippen LogP contribution in [0.2, 0.25) is 0 Å². The number of anilines is 1. The number of carboxylic acid groups (broad SMARTS) is 1. The van der Waals surface area contributed by atoms with E-state index in [2.05, 4.69) is 15.1 Å². The molecule has 1 saturated heterocycles. The first kappa shape index (κ1) is 23.2. The van der Waals surface area contributed by atoms with Crippen molar-refractivity contribution in [2.75, 3.05) is 19.4 Å². The number of nitrogens with zero attached hydrogens (tertiary/aromatic N) is 4. The van der Waals surface area contributed by atoms with Gasteiger partial charge < -0.3 is 35.2 Å². The summed E-state index contributed by atoms with van der Waals surface area (Å²) in [6.45, 7) is 0.424. The molecule has 0 aliphatic carbocycles. The third-order valence-electron chi connectivity index (χ3n) is 4.82. The average Bonchev–Trinajstić information content (AvgIpc) is 3.23. The third kappa shape index (κ3) is 4.32. The molecule has 14 nitrogen and oxygen atoms in total. The van der Waals surface area contributed by atoms with Gasteiger partial charge in [0.25, 0.3) is 0 Å². The minimum absolute atomic E-state index is 0.170. The lowest BCUT2D eigenvalue weighted by atomic mass is 9.92. The molecule has 0 bridgehead atoms. The highest BCUT2D eigenvalue weighted by atomic mass is 31.2. The van der Waals surface area contributed by atoms with Crippen LogP contribution in [0.25, 0.3) is 5.52 Å². The maximum atomic E-state index is 12.0. The normalized spacial score (nSPS) is 29.4. The van der Waals surface area contributed by atoms with Gasteiger partial charge >= 0.3 is 5.97 Å². The third-order valence-corrected chi connectivity index (χ3v) is 6.02. The van der Waals surface area contributed by atoms with Gasteiger partial charge in [-0.1, -0.05) is 0 Å². The monoisotopic (exact) mass is 457 g/mol. The summed E-state index contributed by atoms with van der Waals surface area (Å²) in [6, 6.07) is 1.72. The lowest BCUT2D eigenvalue weighted by Crippen LogP contribution is -2.43. The molecule has 15 heteroatoms. The van der Waals surface area contributed by atoms with Crippen molar-refractivity contribution >= 4 is 31.3 Å². The van der Waals surface area contributed by atoms with Gasteiger partial charge in [-0.2, -0.15) is 5.10 Å².